The number of nitrogens with zero attached hydrogens (tertiary/aromatic N) is 1. The van der Waals surface area contributed by atoms with Crippen molar-refractivity contribution in [1.29, 1.82) is 5.41 Å². The lowest BCUT2D eigenvalue weighted by molar-refractivity contribution is 0.560. The van der Waals surface area contributed by atoms with E-state index in [-0.39, 0.29) is 10.7 Å². The summed E-state index contributed by atoms with van der Waals surface area (Å²) in [6.45, 7) is 0. The molecule has 170 valence electrons. The molecule has 2 aromatic heterocycles. The van der Waals surface area contributed by atoms with Crippen LogP contribution in [-0.2, 0) is 16.4 Å². The summed E-state index contributed by atoms with van der Waals surface area (Å²) in [4.78, 5) is 4.36. The Morgan fingerprint density at radius 2 is 1.82 bits per heavy atom. The summed E-state index contributed by atoms with van der Waals surface area (Å²) in [5.74, 6) is 0.731. The first-order chi connectivity index (χ1) is 16.3. The molecule has 3 aromatic carbocycles. The molecule has 0 aliphatic rings. The number of fused-ring (bicyclic) bond motifs is 2. The van der Waals surface area contributed by atoms with E-state index in [1.807, 2.05) is 30.3 Å². The van der Waals surface area contributed by atoms with Gasteiger partial charge in [-0.2, -0.15) is 0 Å². The number of sulfonamides is 1. The van der Waals surface area contributed by atoms with E-state index in [1.54, 1.807) is 42.6 Å². The van der Waals surface area contributed by atoms with E-state index in [0.717, 1.165) is 20.8 Å². The van der Waals surface area contributed by atoms with Gasteiger partial charge in [-0.05, 0) is 45.8 Å². The van der Waals surface area contributed by atoms with Crippen molar-refractivity contribution >= 4 is 59.3 Å². The third kappa shape index (κ3) is 4.15. The number of nitrogen functional groups attached to an aromatic ring is 1. The molecule has 9 heteroatoms. The lowest BCUT2D eigenvalue weighted by Crippen LogP contribution is -2.13. The molecule has 0 aliphatic heterocycles. The highest BCUT2D eigenvalue weighted by Crippen LogP contribution is 2.34. The van der Waals surface area contributed by atoms with Crippen molar-refractivity contribution in [3.63, 3.8) is 0 Å². The summed E-state index contributed by atoms with van der Waals surface area (Å²) in [5.41, 5.74) is 8.53. The standard InChI is InChI=1S/C25H19BrN4O3S/c26-23-19-11-10-18(30-34(31,32)22-5-1-3-16-4-2-12-29-24(16)22)14-20(19)33-21(23)13-15-6-8-17(9-7-15)25(27)28/h1-12,14,30H,13H2,(H3,27,28). The molecular weight excluding hydrogens is 516 g/mol. The van der Waals surface area contributed by atoms with Gasteiger partial charge in [0.05, 0.1) is 15.7 Å². The topological polar surface area (TPSA) is 122 Å². The highest BCUT2D eigenvalue weighted by Gasteiger charge is 2.20. The van der Waals surface area contributed by atoms with E-state index in [9.17, 15) is 8.42 Å². The molecule has 0 saturated carbocycles. The van der Waals surface area contributed by atoms with Crippen LogP contribution in [0.25, 0.3) is 21.9 Å². The van der Waals surface area contributed by atoms with Crippen LogP contribution in [0.5, 0.6) is 0 Å². The Labute approximate surface area is 204 Å². The highest BCUT2D eigenvalue weighted by molar-refractivity contribution is 9.10. The van der Waals surface area contributed by atoms with Crippen LogP contribution in [0, 0.1) is 5.41 Å². The van der Waals surface area contributed by atoms with Crippen molar-refractivity contribution in [1.82, 2.24) is 4.98 Å². The van der Waals surface area contributed by atoms with Gasteiger partial charge in [0.1, 0.15) is 22.1 Å². The Bertz CT molecular complexity index is 1660. The zero-order chi connectivity index (χ0) is 23.9. The maximum Gasteiger partial charge on any atom is 0.264 e. The number of hydrogen-bond donors (Lipinski definition) is 3. The molecule has 0 amide bonds. The number of benzene rings is 3. The number of anilines is 1. The zero-order valence-corrected chi connectivity index (χ0v) is 20.2. The second-order valence-electron chi connectivity index (χ2n) is 7.77. The normalized spacial score (nSPS) is 11.7. The predicted octanol–water partition coefficient (Wildman–Crippen LogP) is 5.42. The van der Waals surface area contributed by atoms with Crippen molar-refractivity contribution in [2.24, 2.45) is 5.73 Å². The third-order valence-corrected chi connectivity index (χ3v) is 7.75. The van der Waals surface area contributed by atoms with Gasteiger partial charge >= 0.3 is 0 Å². The highest BCUT2D eigenvalue weighted by atomic mass is 79.9. The number of rotatable bonds is 6. The average molecular weight is 535 g/mol. The fourth-order valence-electron chi connectivity index (χ4n) is 3.78. The van der Waals surface area contributed by atoms with Gasteiger partial charge in [0.2, 0.25) is 0 Å². The van der Waals surface area contributed by atoms with Crippen LogP contribution in [0.15, 0.2) is 92.8 Å². The van der Waals surface area contributed by atoms with Crippen LogP contribution in [0.4, 0.5) is 5.69 Å². The Balaban J connectivity index is 1.44. The smallest absolute Gasteiger partial charge is 0.264 e. The second kappa shape index (κ2) is 8.58. The minimum Gasteiger partial charge on any atom is -0.459 e. The summed E-state index contributed by atoms with van der Waals surface area (Å²) in [6, 6.07) is 21.2. The largest absolute Gasteiger partial charge is 0.459 e. The number of pyridine rings is 1. The predicted molar refractivity (Wildman–Crippen MR) is 137 cm³/mol. The summed E-state index contributed by atoms with van der Waals surface area (Å²) < 4.78 is 35.8. The number of halogens is 1. The molecule has 7 nitrogen and oxygen atoms in total. The summed E-state index contributed by atoms with van der Waals surface area (Å²) in [7, 11) is -3.87. The summed E-state index contributed by atoms with van der Waals surface area (Å²) in [5, 5.41) is 9.10. The van der Waals surface area contributed by atoms with E-state index in [4.69, 9.17) is 15.6 Å². The maximum absolute atomic E-state index is 13.1. The molecule has 0 spiro atoms. The second-order valence-corrected chi connectivity index (χ2v) is 10.2. The molecule has 2 heterocycles. The zero-order valence-electron chi connectivity index (χ0n) is 17.7. The molecule has 34 heavy (non-hydrogen) atoms. The van der Waals surface area contributed by atoms with Crippen molar-refractivity contribution in [2.75, 3.05) is 4.72 Å². The van der Waals surface area contributed by atoms with Gasteiger partial charge in [-0.3, -0.25) is 15.1 Å². The van der Waals surface area contributed by atoms with Gasteiger partial charge in [0.15, 0.2) is 0 Å². The third-order valence-electron chi connectivity index (χ3n) is 5.46. The Hall–Kier alpha value is -3.69. The molecule has 0 atom stereocenters. The Morgan fingerprint density at radius 3 is 2.59 bits per heavy atom. The van der Waals surface area contributed by atoms with Gasteiger partial charge in [0.25, 0.3) is 10.0 Å². The maximum atomic E-state index is 13.1. The van der Waals surface area contributed by atoms with Crippen LogP contribution in [0.2, 0.25) is 0 Å². The van der Waals surface area contributed by atoms with Crippen LogP contribution in [0.1, 0.15) is 16.9 Å². The van der Waals surface area contributed by atoms with Crippen LogP contribution in [0.3, 0.4) is 0 Å². The van der Waals surface area contributed by atoms with Gasteiger partial charge in [0, 0.05) is 35.0 Å². The molecule has 0 saturated heterocycles. The Kier molecular flexibility index (Phi) is 5.59. The monoisotopic (exact) mass is 534 g/mol. The van der Waals surface area contributed by atoms with Crippen LogP contribution in [-0.4, -0.2) is 19.2 Å². The number of nitrogens with one attached hydrogen (secondary N) is 2. The number of aromatic nitrogens is 1. The molecule has 5 rings (SSSR count). The summed E-state index contributed by atoms with van der Waals surface area (Å²) in [6.07, 6.45) is 2.10. The molecule has 0 fully saturated rings. The molecule has 5 aromatic rings. The van der Waals surface area contributed by atoms with Crippen molar-refractivity contribution < 1.29 is 12.8 Å². The van der Waals surface area contributed by atoms with E-state index >= 15 is 0 Å². The number of amidine groups is 1. The van der Waals surface area contributed by atoms with Crippen molar-refractivity contribution in [3.05, 3.63) is 100 Å². The fraction of sp³-hybridized carbons (Fsp3) is 0.0400. The molecule has 0 bridgehead atoms. The van der Waals surface area contributed by atoms with Crippen LogP contribution >= 0.6 is 15.9 Å². The number of hydrogen-bond acceptors (Lipinski definition) is 5. The molecule has 0 unspecified atom stereocenters. The minimum atomic E-state index is -3.87. The van der Waals surface area contributed by atoms with Crippen molar-refractivity contribution in [2.45, 2.75) is 11.3 Å². The molecule has 0 radical (unpaired) electrons. The first-order valence-corrected chi connectivity index (χ1v) is 12.6. The van der Waals surface area contributed by atoms with E-state index < -0.39 is 10.0 Å². The number of nitrogens with two attached hydrogens (primary N) is 1. The van der Waals surface area contributed by atoms with Gasteiger partial charge in [-0.1, -0.05) is 42.5 Å². The first-order valence-electron chi connectivity index (χ1n) is 10.3. The minimum absolute atomic E-state index is 0.0192. The van der Waals surface area contributed by atoms with E-state index in [2.05, 4.69) is 25.6 Å². The Morgan fingerprint density at radius 1 is 1.06 bits per heavy atom. The first kappa shape index (κ1) is 22.1. The molecular formula is C25H19BrN4O3S. The molecule has 4 N–H and O–H groups in total. The van der Waals surface area contributed by atoms with E-state index in [1.165, 1.54) is 6.07 Å². The van der Waals surface area contributed by atoms with Gasteiger partial charge < -0.3 is 10.2 Å². The van der Waals surface area contributed by atoms with E-state index in [0.29, 0.717) is 34.5 Å². The van der Waals surface area contributed by atoms with Gasteiger partial charge in [-0.25, -0.2) is 8.42 Å². The quantitative estimate of drug-likeness (QED) is 0.198. The lowest BCUT2D eigenvalue weighted by atomic mass is 10.1. The molecule has 0 aliphatic carbocycles. The lowest BCUT2D eigenvalue weighted by Gasteiger charge is -2.10. The van der Waals surface area contributed by atoms with Crippen molar-refractivity contribution in [3.8, 4) is 0 Å². The number of para-hydroxylation sites is 1. The SMILES string of the molecule is N=C(N)c1ccc(Cc2oc3cc(NS(=O)(=O)c4cccc5cccnc45)ccc3c2Br)cc1. The van der Waals surface area contributed by atoms with Crippen LogP contribution < -0.4 is 10.5 Å². The van der Waals surface area contributed by atoms with Gasteiger partial charge in [-0.15, -0.1) is 0 Å². The average Bonchev–Trinajstić information content (AvgIpc) is 3.13. The summed E-state index contributed by atoms with van der Waals surface area (Å²) >= 11 is 3.60. The number of furan rings is 1. The fourth-order valence-corrected chi connectivity index (χ4v) is 5.56.